The number of rotatable bonds is 11. The maximum absolute atomic E-state index is 13.0. The Balaban J connectivity index is 0.00000462. The number of hydrogen-bond donors (Lipinski definition) is 4. The van der Waals surface area contributed by atoms with Gasteiger partial charge in [0.25, 0.3) is 5.91 Å². The van der Waals surface area contributed by atoms with Crippen LogP contribution in [-0.2, 0) is 11.2 Å². The summed E-state index contributed by atoms with van der Waals surface area (Å²) >= 11 is 6.31. The van der Waals surface area contributed by atoms with Crippen molar-refractivity contribution < 1.29 is 55.7 Å². The van der Waals surface area contributed by atoms with Gasteiger partial charge in [-0.2, -0.15) is 0 Å². The topological polar surface area (TPSA) is 126 Å². The van der Waals surface area contributed by atoms with Gasteiger partial charge < -0.3 is 30.2 Å². The van der Waals surface area contributed by atoms with E-state index in [-0.39, 0.29) is 55.6 Å². The molecular formula is C30H35ClN4O5U. The molecule has 0 saturated carbocycles. The van der Waals surface area contributed by atoms with Gasteiger partial charge in [0.2, 0.25) is 5.91 Å². The Bertz CT molecular complexity index is 1370. The van der Waals surface area contributed by atoms with Crippen LogP contribution in [0.5, 0.6) is 5.75 Å². The normalized spacial score (nSPS) is 15.4. The summed E-state index contributed by atoms with van der Waals surface area (Å²) in [6, 6.07) is 12.2. The molecule has 3 atom stereocenters. The van der Waals surface area contributed by atoms with Crippen LogP contribution in [0.2, 0.25) is 5.02 Å². The van der Waals surface area contributed by atoms with Crippen molar-refractivity contribution in [1.29, 1.82) is 0 Å². The van der Waals surface area contributed by atoms with Crippen molar-refractivity contribution in [3.63, 3.8) is 0 Å². The number of benzene rings is 2. The van der Waals surface area contributed by atoms with E-state index in [1.165, 1.54) is 0 Å². The molecule has 0 aliphatic carbocycles. The zero-order valence-corrected chi connectivity index (χ0v) is 28.2. The fraction of sp³-hybridized carbons (Fsp3) is 0.367. The molecule has 4 rings (SSSR count). The number of nitrogens with zero attached hydrogens (tertiary/aromatic N) is 2. The van der Waals surface area contributed by atoms with Crippen molar-refractivity contribution in [3.8, 4) is 17.0 Å². The van der Waals surface area contributed by atoms with Gasteiger partial charge in [0.1, 0.15) is 18.2 Å². The molecule has 2 unspecified atom stereocenters. The average molecular weight is 805 g/mol. The molecule has 0 fully saturated rings. The number of nitrogens with one attached hydrogen (secondary N) is 2. The van der Waals surface area contributed by atoms with Crippen LogP contribution >= 0.6 is 11.6 Å². The fourth-order valence-corrected chi connectivity index (χ4v) is 4.83. The molecule has 216 valence electrons. The van der Waals surface area contributed by atoms with Crippen molar-refractivity contribution in [2.45, 2.75) is 57.8 Å². The summed E-state index contributed by atoms with van der Waals surface area (Å²) < 4.78 is 7.59. The molecule has 9 nitrogen and oxygen atoms in total. The van der Waals surface area contributed by atoms with E-state index in [9.17, 15) is 14.7 Å². The van der Waals surface area contributed by atoms with E-state index >= 15 is 0 Å². The standard InChI is InChI=1S/C30H35ClN4O5.U/c1-18(2)40-27-11-10-22(14-25(27)31)30(39)33-23(15-32-28(38)17-36)13-20-6-8-21(9-7-20)26-16-35-12-4-5-24(19(3)37)29(35)34-26;/h4,6-12,14,16,18-19,23-24,36-37H,5,13,15,17H2,1-3H3,(H,32,38)(H,33,39);/t19?,23-,24?;/m0./s1. The van der Waals surface area contributed by atoms with Gasteiger partial charge in [0, 0.05) is 67.1 Å². The van der Waals surface area contributed by atoms with E-state index in [0.717, 1.165) is 29.1 Å². The Morgan fingerprint density at radius 2 is 1.90 bits per heavy atom. The molecule has 0 radical (unpaired) electrons. The van der Waals surface area contributed by atoms with Crippen LogP contribution in [-0.4, -0.2) is 63.0 Å². The van der Waals surface area contributed by atoms with Gasteiger partial charge in [-0.15, -0.1) is 0 Å². The van der Waals surface area contributed by atoms with E-state index in [0.29, 0.717) is 22.8 Å². The number of ether oxygens (including phenoxy) is 1. The van der Waals surface area contributed by atoms with E-state index in [1.807, 2.05) is 61.2 Å². The molecule has 0 bridgehead atoms. The minimum atomic E-state index is -0.637. The first-order chi connectivity index (χ1) is 19.1. The Hall–Kier alpha value is -2.61. The maximum Gasteiger partial charge on any atom is 0.251 e. The minimum Gasteiger partial charge on any atom is -0.489 e. The molecule has 41 heavy (non-hydrogen) atoms. The third kappa shape index (κ3) is 8.70. The second-order valence-electron chi connectivity index (χ2n) is 10.2. The van der Waals surface area contributed by atoms with Crippen LogP contribution < -0.4 is 15.4 Å². The van der Waals surface area contributed by atoms with Crippen molar-refractivity contribution in [1.82, 2.24) is 20.2 Å². The molecule has 2 amide bonds. The number of carbonyl (C=O) groups is 2. The van der Waals surface area contributed by atoms with E-state index in [4.69, 9.17) is 26.4 Å². The average Bonchev–Trinajstić information content (AvgIpc) is 3.37. The van der Waals surface area contributed by atoms with Gasteiger partial charge in [-0.25, -0.2) is 4.98 Å². The van der Waals surface area contributed by atoms with Crippen LogP contribution in [0.25, 0.3) is 17.5 Å². The molecule has 3 aromatic rings. The second kappa shape index (κ2) is 15.0. The van der Waals surface area contributed by atoms with Crippen LogP contribution in [0.1, 0.15) is 54.9 Å². The first kappa shape index (κ1) is 32.9. The molecule has 11 heteroatoms. The fourth-order valence-electron chi connectivity index (χ4n) is 4.60. The second-order valence-corrected chi connectivity index (χ2v) is 10.6. The Labute approximate surface area is 268 Å². The number of fused-ring (bicyclic) bond motifs is 1. The maximum atomic E-state index is 13.0. The monoisotopic (exact) mass is 804 g/mol. The number of imidazole rings is 1. The van der Waals surface area contributed by atoms with Gasteiger partial charge in [-0.3, -0.25) is 9.59 Å². The zero-order chi connectivity index (χ0) is 28.8. The van der Waals surface area contributed by atoms with Crippen molar-refractivity contribution in [2.75, 3.05) is 13.2 Å². The molecule has 1 aliphatic heterocycles. The quantitative estimate of drug-likeness (QED) is 0.234. The van der Waals surface area contributed by atoms with Crippen molar-refractivity contribution in [2.24, 2.45) is 0 Å². The summed E-state index contributed by atoms with van der Waals surface area (Å²) in [6.07, 6.45) is 6.57. The predicted molar refractivity (Wildman–Crippen MR) is 154 cm³/mol. The van der Waals surface area contributed by atoms with Crippen molar-refractivity contribution >= 4 is 29.6 Å². The predicted octanol–water partition coefficient (Wildman–Crippen LogP) is 3.78. The summed E-state index contributed by atoms with van der Waals surface area (Å²) in [6.45, 7) is 5.06. The number of aliphatic hydroxyl groups is 2. The van der Waals surface area contributed by atoms with Gasteiger partial charge in [-0.1, -0.05) is 41.9 Å². The molecule has 0 spiro atoms. The zero-order valence-electron chi connectivity index (χ0n) is 23.3. The number of hydrogen-bond acceptors (Lipinski definition) is 6. The largest absolute Gasteiger partial charge is 0.489 e. The van der Waals surface area contributed by atoms with Gasteiger partial charge in [0.05, 0.1) is 29.0 Å². The smallest absolute Gasteiger partial charge is 0.251 e. The number of aromatic nitrogens is 2. The summed E-state index contributed by atoms with van der Waals surface area (Å²) in [5.74, 6) is 0.410. The molecule has 2 heterocycles. The molecule has 2 aromatic carbocycles. The minimum absolute atomic E-state index is 0. The molecular weight excluding hydrogens is 770 g/mol. The van der Waals surface area contributed by atoms with Gasteiger partial charge in [-0.05, 0) is 57.4 Å². The number of carbonyl (C=O) groups excluding carboxylic acids is 2. The van der Waals surface area contributed by atoms with Crippen LogP contribution in [0, 0.1) is 31.1 Å². The molecule has 1 aromatic heterocycles. The van der Waals surface area contributed by atoms with Crippen molar-refractivity contribution in [3.05, 3.63) is 76.7 Å². The SMILES string of the molecule is CC(C)Oc1ccc(C(=O)N[C@H](CNC(=O)CO)Cc2ccc(-c3cn4c(n3)C(C(C)O)CC=C4)cc2)cc1Cl.[U]. The first-order valence-electron chi connectivity index (χ1n) is 13.3. The Morgan fingerprint density at radius 3 is 2.54 bits per heavy atom. The Kier molecular flexibility index (Phi) is 12.1. The summed E-state index contributed by atoms with van der Waals surface area (Å²) in [4.78, 5) is 29.5. The van der Waals surface area contributed by atoms with Crippen LogP contribution in [0.15, 0.2) is 54.7 Å². The number of amides is 2. The van der Waals surface area contributed by atoms with Gasteiger partial charge in [0.15, 0.2) is 0 Å². The molecule has 0 saturated heterocycles. The summed E-state index contributed by atoms with van der Waals surface area (Å²) in [7, 11) is 0. The van der Waals surface area contributed by atoms with Crippen LogP contribution in [0.4, 0.5) is 0 Å². The van der Waals surface area contributed by atoms with Gasteiger partial charge >= 0.3 is 0 Å². The number of allylic oxidation sites excluding steroid dienone is 1. The summed E-state index contributed by atoms with van der Waals surface area (Å²) in [5.41, 5.74) is 3.04. The Morgan fingerprint density at radius 1 is 1.17 bits per heavy atom. The third-order valence-corrected chi connectivity index (χ3v) is 6.94. The summed E-state index contributed by atoms with van der Waals surface area (Å²) in [5, 5.41) is 25.2. The van der Waals surface area contributed by atoms with E-state index in [2.05, 4.69) is 10.6 Å². The third-order valence-electron chi connectivity index (χ3n) is 6.64. The number of halogens is 1. The van der Waals surface area contributed by atoms with E-state index < -0.39 is 24.7 Å². The molecule has 4 N–H and O–H groups in total. The molecule has 1 aliphatic rings. The van der Waals surface area contributed by atoms with Crippen LogP contribution in [0.3, 0.4) is 0 Å². The number of aliphatic hydroxyl groups excluding tert-OH is 2. The van der Waals surface area contributed by atoms with E-state index in [1.54, 1.807) is 25.1 Å². The first-order valence-corrected chi connectivity index (χ1v) is 13.7.